The fourth-order valence-electron chi connectivity index (χ4n) is 4.00. The van der Waals surface area contributed by atoms with Crippen LogP contribution in [0.5, 0.6) is 0 Å². The number of aryl methyl sites for hydroxylation is 1. The average Bonchev–Trinajstić information content (AvgIpc) is 2.75. The molecule has 4 heteroatoms. The molecule has 0 aliphatic rings. The standard InChI is InChI=1S/C28H40N2O2/c1-20(2)18-24(26(31)30-25(27(32)29-6)28(3,4)5)17-16-21-12-14-23(15-13-21)19-22-10-8-7-9-11-22/h7-15,20,24-25H,16-19H2,1-6H3,(H,29,32)(H,30,31)/t24-,25+/m0/s1. The lowest BCUT2D eigenvalue weighted by Crippen LogP contribution is -2.54. The summed E-state index contributed by atoms with van der Waals surface area (Å²) in [5.41, 5.74) is 3.47. The van der Waals surface area contributed by atoms with Crippen LogP contribution in [0.15, 0.2) is 54.6 Å². The molecule has 0 radical (unpaired) electrons. The molecular formula is C28H40N2O2. The Morgan fingerprint density at radius 3 is 1.94 bits per heavy atom. The predicted octanol–water partition coefficient (Wildman–Crippen LogP) is 5.15. The SMILES string of the molecule is CNC(=O)[C@@H](NC(=O)[C@@H](CCc1ccc(Cc2ccccc2)cc1)CC(C)C)C(C)(C)C. The van der Waals surface area contributed by atoms with Crippen molar-refractivity contribution in [3.63, 3.8) is 0 Å². The van der Waals surface area contributed by atoms with Crippen LogP contribution < -0.4 is 10.6 Å². The van der Waals surface area contributed by atoms with Crippen molar-refractivity contribution in [2.75, 3.05) is 7.05 Å². The van der Waals surface area contributed by atoms with Crippen molar-refractivity contribution in [3.8, 4) is 0 Å². The Kier molecular flexibility index (Phi) is 9.49. The molecule has 0 spiro atoms. The summed E-state index contributed by atoms with van der Waals surface area (Å²) in [4.78, 5) is 25.5. The van der Waals surface area contributed by atoms with Crippen LogP contribution in [0.2, 0.25) is 0 Å². The molecule has 4 nitrogen and oxygen atoms in total. The first-order valence-corrected chi connectivity index (χ1v) is 11.7. The molecule has 174 valence electrons. The zero-order valence-corrected chi connectivity index (χ0v) is 20.6. The van der Waals surface area contributed by atoms with E-state index in [-0.39, 0.29) is 23.1 Å². The molecule has 32 heavy (non-hydrogen) atoms. The minimum Gasteiger partial charge on any atom is -0.357 e. The van der Waals surface area contributed by atoms with Gasteiger partial charge < -0.3 is 10.6 Å². The van der Waals surface area contributed by atoms with Gasteiger partial charge in [0.25, 0.3) is 0 Å². The summed E-state index contributed by atoms with van der Waals surface area (Å²) in [6, 6.07) is 18.6. The lowest BCUT2D eigenvalue weighted by molar-refractivity contribution is -0.133. The smallest absolute Gasteiger partial charge is 0.242 e. The molecule has 0 aliphatic heterocycles. The van der Waals surface area contributed by atoms with Crippen LogP contribution in [0.25, 0.3) is 0 Å². The minimum atomic E-state index is -0.549. The summed E-state index contributed by atoms with van der Waals surface area (Å²) in [7, 11) is 1.61. The molecule has 0 aromatic heterocycles. The Hall–Kier alpha value is -2.62. The Labute approximate surface area is 194 Å². The molecule has 2 aromatic rings. The maximum absolute atomic E-state index is 13.1. The van der Waals surface area contributed by atoms with Gasteiger partial charge in [-0.2, -0.15) is 0 Å². The second-order valence-electron chi connectivity index (χ2n) is 10.3. The lowest BCUT2D eigenvalue weighted by atomic mass is 9.84. The molecule has 0 unspecified atom stereocenters. The zero-order chi connectivity index (χ0) is 23.7. The van der Waals surface area contributed by atoms with E-state index in [2.05, 4.69) is 73.0 Å². The van der Waals surface area contributed by atoms with Crippen LogP contribution in [0.3, 0.4) is 0 Å². The molecule has 0 heterocycles. The average molecular weight is 437 g/mol. The van der Waals surface area contributed by atoms with E-state index in [4.69, 9.17) is 0 Å². The lowest BCUT2D eigenvalue weighted by Gasteiger charge is -2.31. The van der Waals surface area contributed by atoms with E-state index in [1.165, 1.54) is 16.7 Å². The van der Waals surface area contributed by atoms with Crippen molar-refractivity contribution in [1.29, 1.82) is 0 Å². The number of carbonyl (C=O) groups is 2. The largest absolute Gasteiger partial charge is 0.357 e. The van der Waals surface area contributed by atoms with Gasteiger partial charge in [0.05, 0.1) is 0 Å². The first kappa shape index (κ1) is 25.6. The second kappa shape index (κ2) is 11.8. The molecule has 0 fully saturated rings. The highest BCUT2D eigenvalue weighted by atomic mass is 16.2. The van der Waals surface area contributed by atoms with Gasteiger partial charge in [0.1, 0.15) is 6.04 Å². The van der Waals surface area contributed by atoms with E-state index >= 15 is 0 Å². The van der Waals surface area contributed by atoms with Crippen molar-refractivity contribution < 1.29 is 9.59 Å². The van der Waals surface area contributed by atoms with Crippen LogP contribution >= 0.6 is 0 Å². The third kappa shape index (κ3) is 8.14. The van der Waals surface area contributed by atoms with Crippen molar-refractivity contribution in [2.45, 2.75) is 66.3 Å². The van der Waals surface area contributed by atoms with Gasteiger partial charge in [-0.3, -0.25) is 9.59 Å². The van der Waals surface area contributed by atoms with E-state index in [0.29, 0.717) is 5.92 Å². The second-order valence-corrected chi connectivity index (χ2v) is 10.3. The monoisotopic (exact) mass is 436 g/mol. The number of hydrogen-bond acceptors (Lipinski definition) is 2. The topological polar surface area (TPSA) is 58.2 Å². The van der Waals surface area contributed by atoms with Crippen molar-refractivity contribution in [3.05, 3.63) is 71.3 Å². The summed E-state index contributed by atoms with van der Waals surface area (Å²) in [5, 5.41) is 5.72. The molecule has 2 rings (SSSR count). The quantitative estimate of drug-likeness (QED) is 0.541. The van der Waals surface area contributed by atoms with E-state index in [9.17, 15) is 9.59 Å². The van der Waals surface area contributed by atoms with Gasteiger partial charge >= 0.3 is 0 Å². The van der Waals surface area contributed by atoms with Gasteiger partial charge in [-0.25, -0.2) is 0 Å². The van der Waals surface area contributed by atoms with Gasteiger partial charge in [-0.05, 0) is 53.7 Å². The maximum atomic E-state index is 13.1. The summed E-state index contributed by atoms with van der Waals surface area (Å²) >= 11 is 0. The third-order valence-corrected chi connectivity index (χ3v) is 5.84. The molecule has 0 bridgehead atoms. The molecule has 0 saturated heterocycles. The highest BCUT2D eigenvalue weighted by Crippen LogP contribution is 2.23. The molecule has 2 aromatic carbocycles. The fourth-order valence-corrected chi connectivity index (χ4v) is 4.00. The number of nitrogens with one attached hydrogen (secondary N) is 2. The zero-order valence-electron chi connectivity index (χ0n) is 20.6. The molecular weight excluding hydrogens is 396 g/mol. The van der Waals surface area contributed by atoms with Crippen molar-refractivity contribution in [1.82, 2.24) is 10.6 Å². The van der Waals surface area contributed by atoms with Crippen LogP contribution in [0.4, 0.5) is 0 Å². The third-order valence-electron chi connectivity index (χ3n) is 5.84. The summed E-state index contributed by atoms with van der Waals surface area (Å²) in [5.74, 6) is 0.117. The van der Waals surface area contributed by atoms with E-state index in [1.54, 1.807) is 7.05 Å². The number of rotatable bonds is 10. The van der Waals surface area contributed by atoms with Crippen molar-refractivity contribution in [2.24, 2.45) is 17.3 Å². The number of likely N-dealkylation sites (N-methyl/N-ethyl adjacent to an activating group) is 1. The summed E-state index contributed by atoms with van der Waals surface area (Å²) in [6.45, 7) is 10.2. The number of amides is 2. The van der Waals surface area contributed by atoms with E-state index < -0.39 is 6.04 Å². The Balaban J connectivity index is 2.02. The molecule has 0 aliphatic carbocycles. The number of hydrogen-bond donors (Lipinski definition) is 2. The first-order valence-electron chi connectivity index (χ1n) is 11.7. The normalized spacial score (nSPS) is 13.5. The predicted molar refractivity (Wildman–Crippen MR) is 132 cm³/mol. The van der Waals surface area contributed by atoms with Crippen molar-refractivity contribution >= 4 is 11.8 Å². The van der Waals surface area contributed by atoms with Gasteiger partial charge in [0.2, 0.25) is 11.8 Å². The fraction of sp³-hybridized carbons (Fsp3) is 0.500. The van der Waals surface area contributed by atoms with Gasteiger partial charge in [0, 0.05) is 13.0 Å². The Morgan fingerprint density at radius 2 is 1.41 bits per heavy atom. The maximum Gasteiger partial charge on any atom is 0.242 e. The van der Waals surface area contributed by atoms with Crippen LogP contribution in [0, 0.1) is 17.3 Å². The highest BCUT2D eigenvalue weighted by molar-refractivity contribution is 5.89. The van der Waals surface area contributed by atoms with Gasteiger partial charge in [-0.15, -0.1) is 0 Å². The summed E-state index contributed by atoms with van der Waals surface area (Å²) < 4.78 is 0. The van der Waals surface area contributed by atoms with Crippen LogP contribution in [-0.4, -0.2) is 24.9 Å². The molecule has 0 saturated carbocycles. The molecule has 2 amide bonds. The Morgan fingerprint density at radius 1 is 0.844 bits per heavy atom. The number of carbonyl (C=O) groups excluding carboxylic acids is 2. The highest BCUT2D eigenvalue weighted by Gasteiger charge is 2.34. The molecule has 2 N–H and O–H groups in total. The summed E-state index contributed by atoms with van der Waals surface area (Å²) in [6.07, 6.45) is 3.35. The minimum absolute atomic E-state index is 0.0251. The van der Waals surface area contributed by atoms with E-state index in [0.717, 1.165) is 25.7 Å². The first-order chi connectivity index (χ1) is 15.1. The van der Waals surface area contributed by atoms with Crippen LogP contribution in [-0.2, 0) is 22.4 Å². The van der Waals surface area contributed by atoms with Crippen LogP contribution in [0.1, 0.15) is 64.2 Å². The molecule has 2 atom stereocenters. The van der Waals surface area contributed by atoms with E-state index in [1.807, 2.05) is 26.8 Å². The van der Waals surface area contributed by atoms with Gasteiger partial charge in [-0.1, -0.05) is 89.2 Å². The number of benzene rings is 2. The van der Waals surface area contributed by atoms with Gasteiger partial charge in [0.15, 0.2) is 0 Å². The Bertz CT molecular complexity index is 851.